The molecule has 18 heavy (non-hydrogen) atoms. The molecule has 0 spiro atoms. The van der Waals surface area contributed by atoms with E-state index in [1.54, 1.807) is 0 Å². The van der Waals surface area contributed by atoms with Crippen molar-refractivity contribution in [3.63, 3.8) is 0 Å². The van der Waals surface area contributed by atoms with Gasteiger partial charge in [-0.2, -0.15) is 0 Å². The zero-order valence-corrected chi connectivity index (χ0v) is 11.3. The predicted molar refractivity (Wildman–Crippen MR) is 74.3 cm³/mol. The predicted octanol–water partition coefficient (Wildman–Crippen LogP) is 1.92. The van der Waals surface area contributed by atoms with E-state index < -0.39 is 5.60 Å². The Bertz CT molecular complexity index is 375. The third kappa shape index (κ3) is 3.10. The highest BCUT2D eigenvalue weighted by Gasteiger charge is 2.33. The lowest BCUT2D eigenvalue weighted by molar-refractivity contribution is -0.0333. The molecule has 0 saturated carbocycles. The second-order valence-corrected chi connectivity index (χ2v) is 5.79. The average Bonchev–Trinajstić information content (AvgIpc) is 2.28. The molecule has 2 rings (SSSR count). The molecule has 3 heteroatoms. The maximum absolute atomic E-state index is 10.2. The van der Waals surface area contributed by atoms with Gasteiger partial charge in [-0.25, -0.2) is 0 Å². The SMILES string of the molecule is CC(N)C(c1ccccc1)N1CCCC(C)(O)C1. The standard InChI is InChI=1S/C15H24N2O/c1-12(16)14(13-7-4-3-5-8-13)17-10-6-9-15(2,18)11-17/h3-5,7-8,12,14,18H,6,9-11,16H2,1-2H3. The molecule has 3 unspecified atom stereocenters. The zero-order chi connectivity index (χ0) is 13.2. The van der Waals surface area contributed by atoms with Crippen LogP contribution in [0, 0.1) is 0 Å². The van der Waals surface area contributed by atoms with Crippen LogP contribution in [-0.2, 0) is 0 Å². The number of benzene rings is 1. The van der Waals surface area contributed by atoms with Crippen LogP contribution in [0.25, 0.3) is 0 Å². The lowest BCUT2D eigenvalue weighted by Gasteiger charge is -2.42. The number of hydrogen-bond donors (Lipinski definition) is 2. The molecule has 0 aliphatic carbocycles. The highest BCUT2D eigenvalue weighted by molar-refractivity contribution is 5.21. The van der Waals surface area contributed by atoms with Gasteiger partial charge in [-0.15, -0.1) is 0 Å². The van der Waals surface area contributed by atoms with Crippen molar-refractivity contribution in [1.82, 2.24) is 4.90 Å². The fraction of sp³-hybridized carbons (Fsp3) is 0.600. The van der Waals surface area contributed by atoms with Crippen molar-refractivity contribution < 1.29 is 5.11 Å². The summed E-state index contributed by atoms with van der Waals surface area (Å²) in [5.74, 6) is 0. The summed E-state index contributed by atoms with van der Waals surface area (Å²) in [5.41, 5.74) is 6.82. The molecule has 1 fully saturated rings. The first kappa shape index (κ1) is 13.5. The lowest BCUT2D eigenvalue weighted by Crippen LogP contribution is -2.50. The molecule has 1 aliphatic rings. The van der Waals surface area contributed by atoms with E-state index in [2.05, 4.69) is 17.0 Å². The monoisotopic (exact) mass is 248 g/mol. The van der Waals surface area contributed by atoms with E-state index in [4.69, 9.17) is 5.73 Å². The first-order valence-electron chi connectivity index (χ1n) is 6.76. The van der Waals surface area contributed by atoms with E-state index >= 15 is 0 Å². The molecule has 1 aliphatic heterocycles. The molecular weight excluding hydrogens is 224 g/mol. The van der Waals surface area contributed by atoms with Crippen LogP contribution in [0.4, 0.5) is 0 Å². The van der Waals surface area contributed by atoms with Crippen LogP contribution < -0.4 is 5.73 Å². The number of piperidine rings is 1. The van der Waals surface area contributed by atoms with Crippen LogP contribution in [-0.4, -0.2) is 34.7 Å². The molecule has 1 saturated heterocycles. The largest absolute Gasteiger partial charge is 0.389 e. The normalized spacial score (nSPS) is 28.9. The highest BCUT2D eigenvalue weighted by Crippen LogP contribution is 2.30. The Kier molecular flexibility index (Phi) is 4.05. The molecule has 3 atom stereocenters. The van der Waals surface area contributed by atoms with E-state index in [-0.39, 0.29) is 12.1 Å². The molecule has 3 N–H and O–H groups in total. The Labute approximate surface area is 110 Å². The summed E-state index contributed by atoms with van der Waals surface area (Å²) in [6, 6.07) is 10.6. The van der Waals surface area contributed by atoms with Gasteiger partial charge in [-0.3, -0.25) is 4.90 Å². The van der Waals surface area contributed by atoms with Gasteiger partial charge >= 0.3 is 0 Å². The first-order valence-corrected chi connectivity index (χ1v) is 6.76. The summed E-state index contributed by atoms with van der Waals surface area (Å²) in [5, 5.41) is 10.2. The number of nitrogens with zero attached hydrogens (tertiary/aromatic N) is 1. The number of aliphatic hydroxyl groups is 1. The van der Waals surface area contributed by atoms with Crippen molar-refractivity contribution in [2.75, 3.05) is 13.1 Å². The second-order valence-electron chi connectivity index (χ2n) is 5.79. The summed E-state index contributed by atoms with van der Waals surface area (Å²) in [6.45, 7) is 5.68. The van der Waals surface area contributed by atoms with Gasteiger partial charge in [0.05, 0.1) is 5.60 Å². The Morgan fingerprint density at radius 2 is 2.00 bits per heavy atom. The molecule has 0 bridgehead atoms. The second kappa shape index (κ2) is 5.39. The van der Waals surface area contributed by atoms with Crippen molar-refractivity contribution in [3.05, 3.63) is 35.9 Å². The molecular formula is C15H24N2O. The maximum atomic E-state index is 10.2. The molecule has 3 nitrogen and oxygen atoms in total. The smallest absolute Gasteiger partial charge is 0.0746 e. The van der Waals surface area contributed by atoms with Gasteiger partial charge < -0.3 is 10.8 Å². The molecule has 0 amide bonds. The summed E-state index contributed by atoms with van der Waals surface area (Å²) in [4.78, 5) is 2.32. The van der Waals surface area contributed by atoms with E-state index in [0.717, 1.165) is 19.4 Å². The van der Waals surface area contributed by atoms with E-state index in [1.807, 2.05) is 32.0 Å². The molecule has 1 aromatic carbocycles. The minimum Gasteiger partial charge on any atom is -0.389 e. The van der Waals surface area contributed by atoms with E-state index in [0.29, 0.717) is 6.54 Å². The van der Waals surface area contributed by atoms with Gasteiger partial charge in [0.15, 0.2) is 0 Å². The third-order valence-electron chi connectivity index (χ3n) is 3.74. The van der Waals surface area contributed by atoms with Crippen molar-refractivity contribution in [2.24, 2.45) is 5.73 Å². The van der Waals surface area contributed by atoms with Crippen LogP contribution in [0.15, 0.2) is 30.3 Å². The van der Waals surface area contributed by atoms with E-state index in [1.165, 1.54) is 5.56 Å². The lowest BCUT2D eigenvalue weighted by atomic mass is 9.90. The van der Waals surface area contributed by atoms with Crippen molar-refractivity contribution in [2.45, 2.75) is 44.4 Å². The van der Waals surface area contributed by atoms with Crippen molar-refractivity contribution in [1.29, 1.82) is 0 Å². The molecule has 1 aromatic rings. The Morgan fingerprint density at radius 1 is 1.33 bits per heavy atom. The van der Waals surface area contributed by atoms with E-state index in [9.17, 15) is 5.11 Å². The first-order chi connectivity index (χ1) is 8.49. The summed E-state index contributed by atoms with van der Waals surface area (Å²) >= 11 is 0. The number of hydrogen-bond acceptors (Lipinski definition) is 3. The van der Waals surface area contributed by atoms with Crippen LogP contribution in [0.2, 0.25) is 0 Å². The van der Waals surface area contributed by atoms with Crippen LogP contribution in [0.3, 0.4) is 0 Å². The van der Waals surface area contributed by atoms with Crippen molar-refractivity contribution >= 4 is 0 Å². The van der Waals surface area contributed by atoms with Gasteiger partial charge in [0.25, 0.3) is 0 Å². The third-order valence-corrected chi connectivity index (χ3v) is 3.74. The van der Waals surface area contributed by atoms with Gasteiger partial charge in [0.2, 0.25) is 0 Å². The van der Waals surface area contributed by atoms with Gasteiger partial charge in [-0.1, -0.05) is 30.3 Å². The molecule has 100 valence electrons. The number of nitrogens with two attached hydrogens (primary N) is 1. The minimum atomic E-state index is -0.583. The average molecular weight is 248 g/mol. The van der Waals surface area contributed by atoms with Crippen LogP contribution >= 0.6 is 0 Å². The number of rotatable bonds is 3. The minimum absolute atomic E-state index is 0.0568. The summed E-state index contributed by atoms with van der Waals surface area (Å²) in [7, 11) is 0. The Morgan fingerprint density at radius 3 is 2.56 bits per heavy atom. The molecule has 0 aromatic heterocycles. The Balaban J connectivity index is 2.21. The van der Waals surface area contributed by atoms with Crippen LogP contribution in [0.1, 0.15) is 38.3 Å². The van der Waals surface area contributed by atoms with Gasteiger partial charge in [-0.05, 0) is 38.8 Å². The quantitative estimate of drug-likeness (QED) is 0.859. The van der Waals surface area contributed by atoms with Crippen LogP contribution in [0.5, 0.6) is 0 Å². The maximum Gasteiger partial charge on any atom is 0.0746 e. The van der Waals surface area contributed by atoms with Crippen molar-refractivity contribution in [3.8, 4) is 0 Å². The van der Waals surface area contributed by atoms with Gasteiger partial charge in [0.1, 0.15) is 0 Å². The van der Waals surface area contributed by atoms with Gasteiger partial charge in [0, 0.05) is 18.6 Å². The summed E-state index contributed by atoms with van der Waals surface area (Å²) in [6.07, 6.45) is 1.91. The number of likely N-dealkylation sites (tertiary alicyclic amines) is 1. The Hall–Kier alpha value is -0.900. The molecule has 1 heterocycles. The molecule has 0 radical (unpaired) electrons. The number of β-amino-alcohol motifs (C(OH)–C–C–N with tert-alkyl or cyclic N) is 1. The highest BCUT2D eigenvalue weighted by atomic mass is 16.3. The topological polar surface area (TPSA) is 49.5 Å². The fourth-order valence-corrected chi connectivity index (χ4v) is 2.99. The summed E-state index contributed by atoms with van der Waals surface area (Å²) < 4.78 is 0. The fourth-order valence-electron chi connectivity index (χ4n) is 2.99. The zero-order valence-electron chi connectivity index (χ0n) is 11.3.